The van der Waals surface area contributed by atoms with Gasteiger partial charge in [-0.1, -0.05) is 30.7 Å². The lowest BCUT2D eigenvalue weighted by Crippen LogP contribution is -2.22. The van der Waals surface area contributed by atoms with Crippen molar-refractivity contribution in [2.45, 2.75) is 18.9 Å². The molecular weight excluding hydrogens is 324 g/mol. The van der Waals surface area contributed by atoms with Crippen molar-refractivity contribution in [1.82, 2.24) is 10.3 Å². The molecule has 1 aromatic carbocycles. The average molecular weight is 340 g/mol. The van der Waals surface area contributed by atoms with Crippen molar-refractivity contribution < 1.29 is 0 Å². The molecule has 1 aromatic heterocycles. The van der Waals surface area contributed by atoms with Crippen LogP contribution in [0.15, 0.2) is 47.1 Å². The molecule has 0 bridgehead atoms. The maximum atomic E-state index is 6.05. The minimum atomic E-state index is 0.198. The van der Waals surface area contributed by atoms with Crippen LogP contribution in [0.5, 0.6) is 0 Å². The van der Waals surface area contributed by atoms with Gasteiger partial charge in [0.25, 0.3) is 0 Å². The zero-order valence-electron chi connectivity index (χ0n) is 10.9. The number of halogens is 2. The van der Waals surface area contributed by atoms with E-state index in [0.717, 1.165) is 15.2 Å². The van der Waals surface area contributed by atoms with E-state index in [2.05, 4.69) is 45.3 Å². The van der Waals surface area contributed by atoms with Gasteiger partial charge < -0.3 is 5.32 Å². The highest BCUT2D eigenvalue weighted by atomic mass is 79.9. The Labute approximate surface area is 127 Å². The minimum absolute atomic E-state index is 0.198. The SMILES string of the molecule is CNC(c1ccc(Cl)c(Br)c1)C(C)c1ccccn1. The molecule has 0 fully saturated rings. The van der Waals surface area contributed by atoms with Crippen LogP contribution in [-0.2, 0) is 0 Å². The number of hydrogen-bond acceptors (Lipinski definition) is 2. The normalized spacial score (nSPS) is 14.1. The van der Waals surface area contributed by atoms with Crippen LogP contribution < -0.4 is 5.32 Å². The van der Waals surface area contributed by atoms with Gasteiger partial charge in [0.05, 0.1) is 5.02 Å². The van der Waals surface area contributed by atoms with E-state index in [1.54, 1.807) is 0 Å². The van der Waals surface area contributed by atoms with Crippen molar-refractivity contribution >= 4 is 27.5 Å². The molecule has 0 aliphatic rings. The number of likely N-dealkylation sites (N-methyl/N-ethyl adjacent to an activating group) is 1. The molecule has 0 aliphatic heterocycles. The predicted molar refractivity (Wildman–Crippen MR) is 83.6 cm³/mol. The van der Waals surface area contributed by atoms with Gasteiger partial charge in [0.2, 0.25) is 0 Å². The molecule has 0 amide bonds. The number of rotatable bonds is 4. The largest absolute Gasteiger partial charge is 0.312 e. The van der Waals surface area contributed by atoms with E-state index in [1.807, 2.05) is 37.5 Å². The zero-order valence-corrected chi connectivity index (χ0v) is 13.2. The van der Waals surface area contributed by atoms with Gasteiger partial charge in [-0.25, -0.2) is 0 Å². The van der Waals surface area contributed by atoms with Crippen molar-refractivity contribution in [3.63, 3.8) is 0 Å². The fraction of sp³-hybridized carbons (Fsp3) is 0.267. The standard InChI is InChI=1S/C15H16BrClN2/c1-10(14-5-3-4-8-19-14)15(18-2)11-6-7-13(17)12(16)9-11/h3-10,15,18H,1-2H3. The lowest BCUT2D eigenvalue weighted by molar-refractivity contribution is 0.499. The fourth-order valence-corrected chi connectivity index (χ4v) is 2.74. The van der Waals surface area contributed by atoms with E-state index >= 15 is 0 Å². The minimum Gasteiger partial charge on any atom is -0.312 e. The molecule has 2 aromatic rings. The molecule has 1 N–H and O–H groups in total. The maximum Gasteiger partial charge on any atom is 0.0548 e. The van der Waals surface area contributed by atoms with Gasteiger partial charge in [-0.05, 0) is 52.8 Å². The smallest absolute Gasteiger partial charge is 0.0548 e. The molecule has 2 nitrogen and oxygen atoms in total. The summed E-state index contributed by atoms with van der Waals surface area (Å²) in [5.41, 5.74) is 2.27. The van der Waals surface area contributed by atoms with Crippen LogP contribution in [0, 0.1) is 0 Å². The Balaban J connectivity index is 2.31. The van der Waals surface area contributed by atoms with E-state index < -0.39 is 0 Å². The summed E-state index contributed by atoms with van der Waals surface area (Å²) in [5.74, 6) is 0.277. The zero-order chi connectivity index (χ0) is 13.8. The van der Waals surface area contributed by atoms with Crippen LogP contribution in [-0.4, -0.2) is 12.0 Å². The Morgan fingerprint density at radius 1 is 1.26 bits per heavy atom. The summed E-state index contributed by atoms with van der Waals surface area (Å²) in [7, 11) is 1.96. The first kappa shape index (κ1) is 14.5. The van der Waals surface area contributed by atoms with E-state index in [1.165, 1.54) is 5.56 Å². The molecule has 0 aliphatic carbocycles. The van der Waals surface area contributed by atoms with Gasteiger partial charge in [-0.3, -0.25) is 4.98 Å². The molecule has 2 atom stereocenters. The average Bonchev–Trinajstić information content (AvgIpc) is 2.44. The van der Waals surface area contributed by atoms with Crippen molar-refractivity contribution in [2.75, 3.05) is 7.05 Å². The maximum absolute atomic E-state index is 6.05. The highest BCUT2D eigenvalue weighted by Gasteiger charge is 2.20. The molecule has 1 heterocycles. The van der Waals surface area contributed by atoms with Crippen molar-refractivity contribution in [3.05, 3.63) is 63.3 Å². The fourth-order valence-electron chi connectivity index (χ4n) is 2.23. The molecule has 0 saturated heterocycles. The van der Waals surface area contributed by atoms with Gasteiger partial charge in [0.15, 0.2) is 0 Å². The van der Waals surface area contributed by atoms with Gasteiger partial charge in [0.1, 0.15) is 0 Å². The second kappa shape index (κ2) is 6.51. The third kappa shape index (κ3) is 3.35. The number of benzene rings is 1. The van der Waals surface area contributed by atoms with Crippen LogP contribution in [0.4, 0.5) is 0 Å². The second-order valence-corrected chi connectivity index (χ2v) is 5.74. The third-order valence-corrected chi connectivity index (χ3v) is 4.48. The first-order valence-electron chi connectivity index (χ1n) is 6.16. The highest BCUT2D eigenvalue weighted by molar-refractivity contribution is 9.10. The topological polar surface area (TPSA) is 24.9 Å². The first-order valence-corrected chi connectivity index (χ1v) is 7.33. The molecule has 0 saturated carbocycles. The molecule has 19 heavy (non-hydrogen) atoms. The van der Waals surface area contributed by atoms with E-state index in [0.29, 0.717) is 0 Å². The summed E-state index contributed by atoms with van der Waals surface area (Å²) < 4.78 is 0.917. The Morgan fingerprint density at radius 3 is 2.63 bits per heavy atom. The Morgan fingerprint density at radius 2 is 2.05 bits per heavy atom. The molecule has 0 radical (unpaired) electrons. The monoisotopic (exact) mass is 338 g/mol. The number of nitrogens with one attached hydrogen (secondary N) is 1. The van der Waals surface area contributed by atoms with E-state index in [4.69, 9.17) is 11.6 Å². The van der Waals surface area contributed by atoms with Crippen LogP contribution >= 0.6 is 27.5 Å². The summed E-state index contributed by atoms with van der Waals surface area (Å²) in [6.07, 6.45) is 1.83. The van der Waals surface area contributed by atoms with E-state index in [9.17, 15) is 0 Å². The van der Waals surface area contributed by atoms with Crippen LogP contribution in [0.3, 0.4) is 0 Å². The van der Waals surface area contributed by atoms with Gasteiger partial charge in [-0.2, -0.15) is 0 Å². The molecular formula is C15H16BrClN2. The van der Waals surface area contributed by atoms with Crippen LogP contribution in [0.2, 0.25) is 5.02 Å². The van der Waals surface area contributed by atoms with Gasteiger partial charge in [-0.15, -0.1) is 0 Å². The number of pyridine rings is 1. The molecule has 2 rings (SSSR count). The first-order chi connectivity index (χ1) is 9.13. The summed E-state index contributed by atoms with van der Waals surface area (Å²) in [6, 6.07) is 12.2. The van der Waals surface area contributed by atoms with Crippen molar-refractivity contribution in [3.8, 4) is 0 Å². The van der Waals surface area contributed by atoms with Gasteiger partial charge in [0, 0.05) is 28.3 Å². The van der Waals surface area contributed by atoms with E-state index in [-0.39, 0.29) is 12.0 Å². The van der Waals surface area contributed by atoms with Gasteiger partial charge >= 0.3 is 0 Å². The third-order valence-electron chi connectivity index (χ3n) is 3.27. The predicted octanol–water partition coefficient (Wildman–Crippen LogP) is 4.56. The summed E-state index contributed by atoms with van der Waals surface area (Å²) in [6.45, 7) is 2.17. The second-order valence-electron chi connectivity index (χ2n) is 4.48. The number of nitrogens with zero attached hydrogens (tertiary/aromatic N) is 1. The lowest BCUT2D eigenvalue weighted by Gasteiger charge is -2.24. The number of hydrogen-bond donors (Lipinski definition) is 1. The molecule has 100 valence electrons. The Kier molecular flexibility index (Phi) is 4.97. The van der Waals surface area contributed by atoms with Crippen molar-refractivity contribution in [2.24, 2.45) is 0 Å². The highest BCUT2D eigenvalue weighted by Crippen LogP contribution is 2.32. The quantitative estimate of drug-likeness (QED) is 0.883. The Hall–Kier alpha value is -0.900. The summed E-state index contributed by atoms with van der Waals surface area (Å²) >= 11 is 9.52. The summed E-state index contributed by atoms with van der Waals surface area (Å²) in [5, 5.41) is 4.09. The van der Waals surface area contributed by atoms with Crippen LogP contribution in [0.1, 0.15) is 30.1 Å². The van der Waals surface area contributed by atoms with Crippen molar-refractivity contribution in [1.29, 1.82) is 0 Å². The summed E-state index contributed by atoms with van der Waals surface area (Å²) in [4.78, 5) is 4.44. The molecule has 4 heteroatoms. The lowest BCUT2D eigenvalue weighted by atomic mass is 9.91. The molecule has 2 unspecified atom stereocenters. The Bertz CT molecular complexity index is 545. The molecule has 0 spiro atoms. The van der Waals surface area contributed by atoms with Crippen LogP contribution in [0.25, 0.3) is 0 Å². The number of aromatic nitrogens is 1.